The maximum absolute atomic E-state index is 15.6. The first-order chi connectivity index (χ1) is 20.6. The van der Waals surface area contributed by atoms with Crippen molar-refractivity contribution in [1.82, 2.24) is 15.5 Å². The monoisotopic (exact) mass is 597 g/mol. The first kappa shape index (κ1) is 32.0. The number of benzene rings is 3. The third-order valence-corrected chi connectivity index (χ3v) is 8.07. The summed E-state index contributed by atoms with van der Waals surface area (Å²) in [6.07, 6.45) is 0.545. The molecule has 1 heterocycles. The number of aliphatic hydroxyl groups is 1. The highest BCUT2D eigenvalue weighted by molar-refractivity contribution is 5.94. The molecule has 3 N–H and O–H groups in total. The lowest BCUT2D eigenvalue weighted by molar-refractivity contribution is -0.0566. The number of halogens is 3. The molecule has 1 aliphatic rings. The SMILES string of the molecule is CNCc1ccc(C(=O)N2CCC[C@@H]([C@@](O)(CCCNC(=O)OC)c3cc(F)cc(F)c3-c3cc(C)ccc3F)C2)cc1. The first-order valence-electron chi connectivity index (χ1n) is 14.4. The van der Waals surface area contributed by atoms with Crippen molar-refractivity contribution in [3.63, 3.8) is 0 Å². The normalized spacial score (nSPS) is 16.4. The van der Waals surface area contributed by atoms with E-state index in [1.54, 1.807) is 30.0 Å². The Kier molecular flexibility index (Phi) is 10.5. The van der Waals surface area contributed by atoms with Gasteiger partial charge in [0.05, 0.1) is 12.7 Å². The number of hydrogen-bond donors (Lipinski definition) is 3. The molecule has 4 rings (SSSR count). The van der Waals surface area contributed by atoms with Crippen LogP contribution in [0.5, 0.6) is 0 Å². The number of likely N-dealkylation sites (tertiary alicyclic amines) is 1. The predicted molar refractivity (Wildman–Crippen MR) is 158 cm³/mol. The molecule has 0 spiro atoms. The van der Waals surface area contributed by atoms with Crippen molar-refractivity contribution in [2.45, 2.75) is 44.8 Å². The van der Waals surface area contributed by atoms with E-state index < -0.39 is 35.1 Å². The third kappa shape index (κ3) is 7.37. The molecule has 0 bridgehead atoms. The molecule has 2 atom stereocenters. The number of ether oxygens (including phenoxy) is 1. The van der Waals surface area contributed by atoms with Crippen LogP contribution >= 0.6 is 0 Å². The number of rotatable bonds is 10. The predicted octanol–water partition coefficient (Wildman–Crippen LogP) is 5.67. The van der Waals surface area contributed by atoms with Gasteiger partial charge in [-0.3, -0.25) is 4.79 Å². The number of methoxy groups -OCH3 is 1. The van der Waals surface area contributed by atoms with E-state index >= 15 is 8.78 Å². The quantitative estimate of drug-likeness (QED) is 0.262. The summed E-state index contributed by atoms with van der Waals surface area (Å²) in [5, 5.41) is 18.1. The second-order valence-corrected chi connectivity index (χ2v) is 11.1. The molecule has 0 unspecified atom stereocenters. The van der Waals surface area contributed by atoms with Crippen LogP contribution < -0.4 is 10.6 Å². The first-order valence-corrected chi connectivity index (χ1v) is 14.4. The Morgan fingerprint density at radius 1 is 1.07 bits per heavy atom. The smallest absolute Gasteiger partial charge is 0.406 e. The molecule has 7 nitrogen and oxygen atoms in total. The van der Waals surface area contributed by atoms with Gasteiger partial charge in [-0.25, -0.2) is 18.0 Å². The fraction of sp³-hybridized carbons (Fsp3) is 0.394. The Balaban J connectivity index is 1.74. The highest BCUT2D eigenvalue weighted by Crippen LogP contribution is 2.45. The average molecular weight is 598 g/mol. The van der Waals surface area contributed by atoms with Crippen molar-refractivity contribution in [3.8, 4) is 11.1 Å². The topological polar surface area (TPSA) is 90.9 Å². The van der Waals surface area contributed by atoms with Crippen LogP contribution in [-0.4, -0.2) is 55.8 Å². The molecular weight excluding hydrogens is 559 g/mol. The van der Waals surface area contributed by atoms with Crippen molar-refractivity contribution in [3.05, 3.63) is 94.3 Å². The van der Waals surface area contributed by atoms with Crippen LogP contribution in [-0.2, 0) is 16.9 Å². The van der Waals surface area contributed by atoms with E-state index in [4.69, 9.17) is 0 Å². The molecule has 2 amide bonds. The molecule has 1 aliphatic heterocycles. The summed E-state index contributed by atoms with van der Waals surface area (Å²) in [4.78, 5) is 26.8. The number of carbonyl (C=O) groups excluding carboxylic acids is 2. The maximum atomic E-state index is 15.6. The van der Waals surface area contributed by atoms with E-state index in [-0.39, 0.29) is 48.5 Å². The molecule has 3 aromatic rings. The Morgan fingerprint density at radius 2 is 1.81 bits per heavy atom. The fourth-order valence-electron chi connectivity index (χ4n) is 5.90. The highest BCUT2D eigenvalue weighted by atomic mass is 19.1. The zero-order valence-corrected chi connectivity index (χ0v) is 24.7. The summed E-state index contributed by atoms with van der Waals surface area (Å²) < 4.78 is 50.2. The molecule has 0 radical (unpaired) electrons. The lowest BCUT2D eigenvalue weighted by atomic mass is 9.72. The number of carbonyl (C=O) groups is 2. The van der Waals surface area contributed by atoms with Crippen LogP contribution in [0.25, 0.3) is 11.1 Å². The molecule has 43 heavy (non-hydrogen) atoms. The van der Waals surface area contributed by atoms with E-state index in [1.165, 1.54) is 19.2 Å². The van der Waals surface area contributed by atoms with E-state index in [9.17, 15) is 19.1 Å². The number of aryl methyl sites for hydroxylation is 1. The largest absolute Gasteiger partial charge is 0.453 e. The zero-order valence-electron chi connectivity index (χ0n) is 24.7. The summed E-state index contributed by atoms with van der Waals surface area (Å²) in [6.45, 7) is 3.07. The molecule has 3 aromatic carbocycles. The van der Waals surface area contributed by atoms with Crippen molar-refractivity contribution in [2.75, 3.05) is 33.8 Å². The molecule has 10 heteroatoms. The van der Waals surface area contributed by atoms with E-state index in [0.717, 1.165) is 11.6 Å². The van der Waals surface area contributed by atoms with Gasteiger partial charge in [-0.1, -0.05) is 23.8 Å². The number of hydrogen-bond acceptors (Lipinski definition) is 5. The van der Waals surface area contributed by atoms with Crippen LogP contribution in [0.4, 0.5) is 18.0 Å². The van der Waals surface area contributed by atoms with Crippen LogP contribution in [0.15, 0.2) is 54.6 Å². The maximum Gasteiger partial charge on any atom is 0.406 e. The molecular formula is C33H38F3N3O4. The van der Waals surface area contributed by atoms with Crippen LogP contribution in [0, 0.1) is 30.3 Å². The highest BCUT2D eigenvalue weighted by Gasteiger charge is 2.44. The van der Waals surface area contributed by atoms with Crippen LogP contribution in [0.3, 0.4) is 0 Å². The minimum Gasteiger partial charge on any atom is -0.453 e. The number of nitrogens with one attached hydrogen (secondary N) is 2. The Hall–Kier alpha value is -3.89. The molecule has 0 aliphatic carbocycles. The summed E-state index contributed by atoms with van der Waals surface area (Å²) >= 11 is 0. The summed E-state index contributed by atoms with van der Waals surface area (Å²) in [7, 11) is 3.06. The average Bonchev–Trinajstić information content (AvgIpc) is 3.00. The second-order valence-electron chi connectivity index (χ2n) is 11.1. The van der Waals surface area contributed by atoms with Crippen LogP contribution in [0.1, 0.15) is 52.7 Å². The Morgan fingerprint density at radius 3 is 2.51 bits per heavy atom. The minimum atomic E-state index is -1.87. The van der Waals surface area contributed by atoms with Gasteiger partial charge in [0.15, 0.2) is 0 Å². The standard InChI is InChI=1S/C33H38F3N3O4/c1-21-7-12-28(35)26(16-21)30-27(17-25(34)18-29(30)36)33(42,13-5-14-38-32(41)43-3)24-6-4-15-39(20-24)31(40)23-10-8-22(9-11-23)19-37-2/h7-12,16-18,24,37,42H,4-6,13-15,19-20H2,1-3H3,(H,38,41)/t24-,33+/m1/s1. The van der Waals surface area contributed by atoms with Gasteiger partial charge in [0.1, 0.15) is 17.5 Å². The summed E-state index contributed by atoms with van der Waals surface area (Å²) in [6, 6.07) is 13.2. The minimum absolute atomic E-state index is 0.0221. The van der Waals surface area contributed by atoms with Crippen molar-refractivity contribution in [1.29, 1.82) is 0 Å². The van der Waals surface area contributed by atoms with E-state index in [0.29, 0.717) is 43.1 Å². The zero-order chi connectivity index (χ0) is 31.1. The molecule has 1 fully saturated rings. The fourth-order valence-corrected chi connectivity index (χ4v) is 5.90. The van der Waals surface area contributed by atoms with Gasteiger partial charge < -0.3 is 25.4 Å². The van der Waals surface area contributed by atoms with Gasteiger partial charge in [-0.05, 0) is 81.1 Å². The summed E-state index contributed by atoms with van der Waals surface area (Å²) in [5.74, 6) is -3.49. The van der Waals surface area contributed by atoms with Gasteiger partial charge in [-0.15, -0.1) is 0 Å². The number of amides is 2. The number of nitrogens with zero attached hydrogens (tertiary/aromatic N) is 1. The second kappa shape index (κ2) is 14.1. The Bertz CT molecular complexity index is 1450. The number of piperidine rings is 1. The van der Waals surface area contributed by atoms with Gasteiger partial charge in [0.25, 0.3) is 5.91 Å². The van der Waals surface area contributed by atoms with E-state index in [1.807, 2.05) is 19.2 Å². The lowest BCUT2D eigenvalue weighted by Crippen LogP contribution is -2.48. The van der Waals surface area contributed by atoms with Crippen molar-refractivity contribution < 1.29 is 32.6 Å². The molecule has 0 saturated carbocycles. The van der Waals surface area contributed by atoms with Gasteiger partial charge in [-0.2, -0.15) is 0 Å². The van der Waals surface area contributed by atoms with Crippen LogP contribution in [0.2, 0.25) is 0 Å². The molecule has 1 saturated heterocycles. The molecule has 230 valence electrons. The van der Waals surface area contributed by atoms with Crippen molar-refractivity contribution >= 4 is 12.0 Å². The Labute approximate surface area is 250 Å². The van der Waals surface area contributed by atoms with Gasteiger partial charge >= 0.3 is 6.09 Å². The van der Waals surface area contributed by atoms with Gasteiger partial charge in [0, 0.05) is 54.9 Å². The lowest BCUT2D eigenvalue weighted by Gasteiger charge is -2.43. The summed E-state index contributed by atoms with van der Waals surface area (Å²) in [5.41, 5.74) is -0.115. The van der Waals surface area contributed by atoms with Gasteiger partial charge in [0.2, 0.25) is 0 Å². The van der Waals surface area contributed by atoms with E-state index in [2.05, 4.69) is 15.4 Å². The van der Waals surface area contributed by atoms with Crippen molar-refractivity contribution in [2.24, 2.45) is 5.92 Å². The number of alkyl carbamates (subject to hydrolysis) is 1. The third-order valence-electron chi connectivity index (χ3n) is 8.07. The molecule has 0 aromatic heterocycles.